The van der Waals surface area contributed by atoms with Crippen LogP contribution in [0.5, 0.6) is 5.88 Å². The van der Waals surface area contributed by atoms with E-state index in [1.807, 2.05) is 4.90 Å². The van der Waals surface area contributed by atoms with Crippen molar-refractivity contribution in [1.29, 1.82) is 0 Å². The van der Waals surface area contributed by atoms with Crippen LogP contribution in [0.3, 0.4) is 0 Å². The van der Waals surface area contributed by atoms with E-state index in [-0.39, 0.29) is 36.5 Å². The Labute approximate surface area is 243 Å². The Kier molecular flexibility index (Phi) is 7.52. The number of nitrogens with one attached hydrogen (secondary N) is 1. The lowest BCUT2D eigenvalue weighted by Crippen LogP contribution is -2.41. The lowest BCUT2D eigenvalue weighted by molar-refractivity contribution is -0.215. The largest absolute Gasteiger partial charge is 0.477 e. The van der Waals surface area contributed by atoms with Crippen LogP contribution in [0.4, 0.5) is 19.0 Å². The number of rotatable bonds is 5. The molecule has 3 aromatic rings. The minimum atomic E-state index is -4.36. The zero-order valence-corrected chi connectivity index (χ0v) is 24.7. The third-order valence-electron chi connectivity index (χ3n) is 7.98. The van der Waals surface area contributed by atoms with Crippen LogP contribution in [0.1, 0.15) is 65.2 Å². The molecule has 0 spiro atoms. The quantitative estimate of drug-likeness (QED) is 0.445. The van der Waals surface area contributed by atoms with E-state index in [1.165, 1.54) is 28.9 Å². The number of sulfonamides is 1. The van der Waals surface area contributed by atoms with Crippen molar-refractivity contribution < 1.29 is 32.5 Å². The molecule has 1 atom stereocenters. The first-order valence-corrected chi connectivity index (χ1v) is 15.2. The molecule has 15 heteroatoms. The number of halogens is 3. The molecule has 4 bridgehead atoms. The molecule has 42 heavy (non-hydrogen) atoms. The second kappa shape index (κ2) is 10.6. The van der Waals surface area contributed by atoms with Crippen molar-refractivity contribution >= 4 is 21.7 Å². The fourth-order valence-electron chi connectivity index (χ4n) is 5.35. The predicted octanol–water partition coefficient (Wildman–Crippen LogP) is 4.58. The van der Waals surface area contributed by atoms with Crippen molar-refractivity contribution in [2.45, 2.75) is 76.7 Å². The Hall–Kier alpha value is -3.62. The topological polar surface area (TPSA) is 124 Å². The number of anilines is 1. The third-order valence-corrected chi connectivity index (χ3v) is 9.20. The average molecular weight is 612 g/mol. The smallest absolute Gasteiger partial charge is 0.394 e. The first-order valence-electron chi connectivity index (χ1n) is 13.7. The van der Waals surface area contributed by atoms with Gasteiger partial charge in [0.1, 0.15) is 5.82 Å². The second-order valence-electron chi connectivity index (χ2n) is 12.1. The van der Waals surface area contributed by atoms with E-state index in [2.05, 4.69) is 28.8 Å². The lowest BCUT2D eigenvalue weighted by Gasteiger charge is -2.34. The zero-order valence-electron chi connectivity index (χ0n) is 23.8. The number of hydrogen-bond donors (Lipinski definition) is 1. The third kappa shape index (κ3) is 5.96. The van der Waals surface area contributed by atoms with Crippen LogP contribution in [0.2, 0.25) is 0 Å². The molecule has 1 saturated heterocycles. The van der Waals surface area contributed by atoms with Gasteiger partial charge in [-0.3, -0.25) is 9.48 Å². The highest BCUT2D eigenvalue weighted by atomic mass is 32.2. The van der Waals surface area contributed by atoms with Gasteiger partial charge in [-0.05, 0) is 63.6 Å². The van der Waals surface area contributed by atoms with Crippen molar-refractivity contribution in [2.24, 2.45) is 11.3 Å². The summed E-state index contributed by atoms with van der Waals surface area (Å²) in [5.41, 5.74) is -2.22. The van der Waals surface area contributed by atoms with Crippen molar-refractivity contribution in [3.8, 4) is 11.7 Å². The molecule has 0 saturated carbocycles. The molecule has 0 radical (unpaired) electrons. The lowest BCUT2D eigenvalue weighted by atomic mass is 9.89. The van der Waals surface area contributed by atoms with Crippen LogP contribution >= 0.6 is 0 Å². The molecule has 5 heterocycles. The highest BCUT2D eigenvalue weighted by Crippen LogP contribution is 2.41. The Balaban J connectivity index is 0.00000423. The Morgan fingerprint density at radius 1 is 1.14 bits per heavy atom. The van der Waals surface area contributed by atoms with E-state index >= 15 is 0 Å². The van der Waals surface area contributed by atoms with Crippen LogP contribution in [0, 0.1) is 11.3 Å². The number of aromatic nitrogens is 5. The number of aryl methyl sites for hydroxylation is 1. The van der Waals surface area contributed by atoms with Gasteiger partial charge in [0.15, 0.2) is 10.8 Å². The number of carbonyl (C=O) groups is 1. The summed E-state index contributed by atoms with van der Waals surface area (Å²) in [5.74, 6) is 0.231. The summed E-state index contributed by atoms with van der Waals surface area (Å²) in [6.45, 7) is 7.33. The Morgan fingerprint density at radius 3 is 2.64 bits per heavy atom. The molecule has 5 rings (SSSR count). The van der Waals surface area contributed by atoms with Gasteiger partial charge in [-0.25, -0.2) is 14.4 Å². The van der Waals surface area contributed by atoms with E-state index in [1.54, 1.807) is 17.1 Å². The molecule has 2 aliphatic heterocycles. The SMILES string of the molecule is CC1(C)C[C@@H]2CCCn3ccc(n3)S(=O)(=O)NC(=O)c3ccc(-n4ccc(OCCC(C)(C)C(F)(F)F)n4)nc3N1C2.[HH]. The van der Waals surface area contributed by atoms with Gasteiger partial charge >= 0.3 is 6.18 Å². The highest BCUT2D eigenvalue weighted by Gasteiger charge is 2.47. The minimum absolute atomic E-state index is 0. The fraction of sp³-hybridized carbons (Fsp3) is 0.556. The van der Waals surface area contributed by atoms with Gasteiger partial charge in [0, 0.05) is 38.5 Å². The number of alkyl halides is 3. The molecule has 1 amide bonds. The first kappa shape index (κ1) is 29.9. The molecule has 1 N–H and O–H groups in total. The molecule has 230 valence electrons. The fourth-order valence-corrected chi connectivity index (χ4v) is 6.26. The van der Waals surface area contributed by atoms with E-state index in [0.29, 0.717) is 30.6 Å². The number of amides is 1. The van der Waals surface area contributed by atoms with E-state index < -0.39 is 27.5 Å². The minimum Gasteiger partial charge on any atom is -0.477 e. The number of hydrogen-bond acceptors (Lipinski definition) is 8. The summed E-state index contributed by atoms with van der Waals surface area (Å²) in [4.78, 5) is 20.2. The Bertz CT molecular complexity index is 1590. The summed E-state index contributed by atoms with van der Waals surface area (Å²) < 4.78 is 76.0. The summed E-state index contributed by atoms with van der Waals surface area (Å²) in [6.07, 6.45) is 1.07. The van der Waals surface area contributed by atoms with Crippen LogP contribution in [-0.4, -0.2) is 63.7 Å². The molecule has 0 aromatic carbocycles. The van der Waals surface area contributed by atoms with E-state index in [9.17, 15) is 26.4 Å². The molecule has 3 aromatic heterocycles. The van der Waals surface area contributed by atoms with Crippen LogP contribution in [0.15, 0.2) is 41.7 Å². The average Bonchev–Trinajstić information content (AvgIpc) is 3.61. The van der Waals surface area contributed by atoms with E-state index in [0.717, 1.165) is 33.1 Å². The number of carbonyl (C=O) groups excluding carboxylic acids is 1. The van der Waals surface area contributed by atoms with Gasteiger partial charge < -0.3 is 9.64 Å². The van der Waals surface area contributed by atoms with Crippen LogP contribution < -0.4 is 14.4 Å². The van der Waals surface area contributed by atoms with Gasteiger partial charge in [0.2, 0.25) is 5.88 Å². The van der Waals surface area contributed by atoms with Gasteiger partial charge in [-0.1, -0.05) is 13.8 Å². The standard InChI is InChI=1S/C27H34F3N7O4S.H2/c1-25(2,27(28,29)30)11-15-41-21-9-14-37(32-21)20-8-7-19-23(31-20)36-17-18(16-26(36,3)4)6-5-12-35-13-10-22(33-35)42(39,40)34-24(19)38;/h7-10,13-14,18H,5-6,11-12,15-17H2,1-4H3,(H,34,38);1H/t18-;/m0./s1. The van der Waals surface area contributed by atoms with Gasteiger partial charge in [-0.2, -0.15) is 26.7 Å². The normalized spacial score (nSPS) is 20.5. The molecule has 0 unspecified atom stereocenters. The summed E-state index contributed by atoms with van der Waals surface area (Å²) in [7, 11) is -4.23. The molecular weight excluding hydrogens is 575 g/mol. The van der Waals surface area contributed by atoms with Crippen LogP contribution in [-0.2, 0) is 16.6 Å². The molecule has 1 fully saturated rings. The second-order valence-corrected chi connectivity index (χ2v) is 13.7. The van der Waals surface area contributed by atoms with Gasteiger partial charge in [-0.15, -0.1) is 5.10 Å². The number of ether oxygens (including phenoxy) is 1. The summed E-state index contributed by atoms with van der Waals surface area (Å²) in [6, 6.07) is 5.89. The summed E-state index contributed by atoms with van der Waals surface area (Å²) in [5, 5.41) is 8.21. The number of nitrogens with zero attached hydrogens (tertiary/aromatic N) is 6. The maximum atomic E-state index is 13.4. The van der Waals surface area contributed by atoms with Crippen molar-refractivity contribution in [3.05, 3.63) is 42.2 Å². The molecule has 2 aliphatic rings. The first-order chi connectivity index (χ1) is 19.6. The van der Waals surface area contributed by atoms with Gasteiger partial charge in [0.25, 0.3) is 15.9 Å². The van der Waals surface area contributed by atoms with Gasteiger partial charge in [0.05, 0.1) is 17.6 Å². The Morgan fingerprint density at radius 2 is 1.90 bits per heavy atom. The molecule has 11 nitrogen and oxygen atoms in total. The van der Waals surface area contributed by atoms with Crippen molar-refractivity contribution in [1.82, 2.24) is 29.3 Å². The maximum Gasteiger partial charge on any atom is 0.394 e. The maximum absolute atomic E-state index is 13.4. The van der Waals surface area contributed by atoms with Crippen molar-refractivity contribution in [2.75, 3.05) is 18.1 Å². The number of fused-ring (bicyclic) bond motifs is 6. The number of pyridine rings is 1. The zero-order chi connectivity index (χ0) is 30.5. The molecular formula is C27H36F3N7O4S. The molecule has 0 aliphatic carbocycles. The summed E-state index contributed by atoms with van der Waals surface area (Å²) >= 11 is 0. The predicted molar refractivity (Wildman–Crippen MR) is 149 cm³/mol. The highest BCUT2D eigenvalue weighted by molar-refractivity contribution is 7.90. The monoisotopic (exact) mass is 611 g/mol. The van der Waals surface area contributed by atoms with Crippen LogP contribution in [0.25, 0.3) is 5.82 Å². The van der Waals surface area contributed by atoms with Crippen molar-refractivity contribution in [3.63, 3.8) is 0 Å². The van der Waals surface area contributed by atoms with E-state index in [4.69, 9.17) is 9.72 Å².